The number of benzene rings is 2. The number of carbonyl (C=O) groups excluding carboxylic acids is 1. The highest BCUT2D eigenvalue weighted by Gasteiger charge is 2.14. The molecule has 4 nitrogen and oxygen atoms in total. The summed E-state index contributed by atoms with van der Waals surface area (Å²) in [7, 11) is 0. The predicted octanol–water partition coefficient (Wildman–Crippen LogP) is 5.55. The number of rotatable bonds is 3. The Hall–Kier alpha value is -2.01. The van der Waals surface area contributed by atoms with E-state index in [1.807, 2.05) is 0 Å². The molecule has 3 aromatic rings. The molecule has 0 aliphatic carbocycles. The van der Waals surface area contributed by atoms with E-state index in [0.29, 0.717) is 26.3 Å². The lowest BCUT2D eigenvalue weighted by Crippen LogP contribution is -2.12. The molecule has 7 heteroatoms. The molecule has 0 atom stereocenters. The van der Waals surface area contributed by atoms with Gasteiger partial charge in [0.25, 0.3) is 5.91 Å². The van der Waals surface area contributed by atoms with Gasteiger partial charge in [-0.05, 0) is 36.4 Å². The number of oxazole rings is 1. The van der Waals surface area contributed by atoms with Crippen molar-refractivity contribution in [2.45, 2.75) is 0 Å². The highest BCUT2D eigenvalue weighted by atomic mass is 35.5. The third-order valence-electron chi connectivity index (χ3n) is 2.99. The second kappa shape index (κ2) is 6.62. The van der Waals surface area contributed by atoms with Crippen molar-refractivity contribution in [3.8, 4) is 11.5 Å². The van der Waals surface area contributed by atoms with Crippen LogP contribution in [0.5, 0.6) is 0 Å². The molecule has 23 heavy (non-hydrogen) atoms. The van der Waals surface area contributed by atoms with Crippen LogP contribution in [0.4, 0.5) is 5.69 Å². The molecule has 0 saturated heterocycles. The number of hydrogen-bond donors (Lipinski definition) is 1. The van der Waals surface area contributed by atoms with Crippen LogP contribution in [0, 0.1) is 0 Å². The molecule has 2 aromatic carbocycles. The number of amides is 1. The zero-order valence-electron chi connectivity index (χ0n) is 11.5. The van der Waals surface area contributed by atoms with E-state index < -0.39 is 5.91 Å². The van der Waals surface area contributed by atoms with Crippen LogP contribution < -0.4 is 5.32 Å². The Morgan fingerprint density at radius 2 is 1.87 bits per heavy atom. The standard InChI is InChI=1S/C16H9Cl3N2O2/c17-10-2-1-3-11(7-10)20-15(22)14-8-23-16(21-14)9-4-5-12(18)13(19)6-9/h1-8H,(H,20,22). The van der Waals surface area contributed by atoms with Gasteiger partial charge in [-0.2, -0.15) is 0 Å². The van der Waals surface area contributed by atoms with Gasteiger partial charge >= 0.3 is 0 Å². The van der Waals surface area contributed by atoms with Crippen LogP contribution in [-0.2, 0) is 0 Å². The molecule has 0 bridgehead atoms. The minimum Gasteiger partial charge on any atom is -0.444 e. The molecule has 0 fully saturated rings. The molecule has 0 spiro atoms. The zero-order chi connectivity index (χ0) is 16.4. The molecule has 0 aliphatic rings. The van der Waals surface area contributed by atoms with Crippen molar-refractivity contribution in [2.75, 3.05) is 5.32 Å². The first kappa shape index (κ1) is 15.9. The summed E-state index contributed by atoms with van der Waals surface area (Å²) in [6.45, 7) is 0. The fourth-order valence-electron chi connectivity index (χ4n) is 1.90. The fraction of sp³-hybridized carbons (Fsp3) is 0. The third-order valence-corrected chi connectivity index (χ3v) is 3.96. The van der Waals surface area contributed by atoms with Crippen LogP contribution in [0.25, 0.3) is 11.5 Å². The Bertz CT molecular complexity index is 877. The summed E-state index contributed by atoms with van der Waals surface area (Å²) in [5, 5.41) is 4.03. The summed E-state index contributed by atoms with van der Waals surface area (Å²) >= 11 is 17.7. The van der Waals surface area contributed by atoms with Crippen molar-refractivity contribution < 1.29 is 9.21 Å². The van der Waals surface area contributed by atoms with Crippen LogP contribution in [0.15, 0.2) is 53.1 Å². The maximum absolute atomic E-state index is 12.2. The highest BCUT2D eigenvalue weighted by molar-refractivity contribution is 6.42. The number of hydrogen-bond acceptors (Lipinski definition) is 3. The van der Waals surface area contributed by atoms with Crippen molar-refractivity contribution >= 4 is 46.4 Å². The minimum absolute atomic E-state index is 0.144. The molecule has 0 saturated carbocycles. The Labute approximate surface area is 147 Å². The summed E-state index contributed by atoms with van der Waals surface area (Å²) in [6, 6.07) is 11.8. The first-order valence-corrected chi connectivity index (χ1v) is 7.64. The third kappa shape index (κ3) is 3.67. The molecule has 1 heterocycles. The van der Waals surface area contributed by atoms with Gasteiger partial charge in [0.05, 0.1) is 10.0 Å². The predicted molar refractivity (Wildman–Crippen MR) is 91.4 cm³/mol. The zero-order valence-corrected chi connectivity index (χ0v) is 13.8. The van der Waals surface area contributed by atoms with Gasteiger partial charge in [0.1, 0.15) is 6.26 Å². The van der Waals surface area contributed by atoms with Crippen molar-refractivity contribution in [3.05, 3.63) is 69.5 Å². The molecular formula is C16H9Cl3N2O2. The van der Waals surface area contributed by atoms with E-state index >= 15 is 0 Å². The van der Waals surface area contributed by atoms with Crippen molar-refractivity contribution in [1.29, 1.82) is 0 Å². The highest BCUT2D eigenvalue weighted by Crippen LogP contribution is 2.28. The SMILES string of the molecule is O=C(Nc1cccc(Cl)c1)c1coc(-c2ccc(Cl)c(Cl)c2)n1. The lowest BCUT2D eigenvalue weighted by Gasteiger charge is -2.02. The smallest absolute Gasteiger partial charge is 0.277 e. The Kier molecular flexibility index (Phi) is 4.57. The molecule has 1 N–H and O–H groups in total. The minimum atomic E-state index is -0.401. The van der Waals surface area contributed by atoms with Crippen LogP contribution in [-0.4, -0.2) is 10.9 Å². The second-order valence-corrected chi connectivity index (χ2v) is 5.88. The Balaban J connectivity index is 1.81. The van der Waals surface area contributed by atoms with E-state index in [1.54, 1.807) is 42.5 Å². The van der Waals surface area contributed by atoms with E-state index in [1.165, 1.54) is 6.26 Å². The van der Waals surface area contributed by atoms with E-state index in [4.69, 9.17) is 39.2 Å². The number of nitrogens with one attached hydrogen (secondary N) is 1. The Morgan fingerprint density at radius 3 is 2.61 bits per heavy atom. The lowest BCUT2D eigenvalue weighted by atomic mass is 10.2. The molecule has 1 aromatic heterocycles. The lowest BCUT2D eigenvalue weighted by molar-refractivity contribution is 0.102. The Morgan fingerprint density at radius 1 is 1.04 bits per heavy atom. The largest absolute Gasteiger partial charge is 0.444 e. The first-order valence-electron chi connectivity index (χ1n) is 6.51. The van der Waals surface area contributed by atoms with Crippen molar-refractivity contribution in [3.63, 3.8) is 0 Å². The summed E-state index contributed by atoms with van der Waals surface area (Å²) in [5.41, 5.74) is 1.34. The molecule has 0 radical (unpaired) electrons. The average molecular weight is 368 g/mol. The summed E-state index contributed by atoms with van der Waals surface area (Å²) < 4.78 is 5.33. The summed E-state index contributed by atoms with van der Waals surface area (Å²) in [4.78, 5) is 16.3. The second-order valence-electron chi connectivity index (χ2n) is 4.63. The number of nitrogens with zero attached hydrogens (tertiary/aromatic N) is 1. The van der Waals surface area contributed by atoms with Gasteiger partial charge in [-0.25, -0.2) is 4.98 Å². The number of halogens is 3. The van der Waals surface area contributed by atoms with E-state index in [-0.39, 0.29) is 11.6 Å². The van der Waals surface area contributed by atoms with Gasteiger partial charge in [-0.15, -0.1) is 0 Å². The van der Waals surface area contributed by atoms with E-state index in [0.717, 1.165) is 0 Å². The average Bonchev–Trinajstić information content (AvgIpc) is 3.00. The van der Waals surface area contributed by atoms with Crippen LogP contribution in [0.1, 0.15) is 10.5 Å². The molecule has 3 rings (SSSR count). The molecular weight excluding hydrogens is 359 g/mol. The molecule has 0 aliphatic heterocycles. The maximum Gasteiger partial charge on any atom is 0.277 e. The van der Waals surface area contributed by atoms with Gasteiger partial charge in [-0.3, -0.25) is 4.79 Å². The monoisotopic (exact) mass is 366 g/mol. The van der Waals surface area contributed by atoms with Gasteiger partial charge in [0.2, 0.25) is 5.89 Å². The topological polar surface area (TPSA) is 55.1 Å². The summed E-state index contributed by atoms with van der Waals surface area (Å²) in [5.74, 6) is -0.123. The summed E-state index contributed by atoms with van der Waals surface area (Å²) in [6.07, 6.45) is 1.28. The van der Waals surface area contributed by atoms with Crippen molar-refractivity contribution in [2.24, 2.45) is 0 Å². The van der Waals surface area contributed by atoms with Crippen LogP contribution >= 0.6 is 34.8 Å². The van der Waals surface area contributed by atoms with Gasteiger partial charge in [-0.1, -0.05) is 40.9 Å². The number of aromatic nitrogens is 1. The maximum atomic E-state index is 12.2. The van der Waals surface area contributed by atoms with E-state index in [2.05, 4.69) is 10.3 Å². The normalized spacial score (nSPS) is 10.6. The van der Waals surface area contributed by atoms with Gasteiger partial charge < -0.3 is 9.73 Å². The van der Waals surface area contributed by atoms with Crippen LogP contribution in [0.3, 0.4) is 0 Å². The van der Waals surface area contributed by atoms with Gasteiger partial charge in [0, 0.05) is 16.3 Å². The van der Waals surface area contributed by atoms with Crippen LogP contribution in [0.2, 0.25) is 15.1 Å². The fourth-order valence-corrected chi connectivity index (χ4v) is 2.39. The number of carbonyl (C=O) groups is 1. The molecule has 1 amide bonds. The van der Waals surface area contributed by atoms with Crippen molar-refractivity contribution in [1.82, 2.24) is 4.98 Å². The van der Waals surface area contributed by atoms with E-state index in [9.17, 15) is 4.79 Å². The quantitative estimate of drug-likeness (QED) is 0.660. The molecule has 116 valence electrons. The van der Waals surface area contributed by atoms with Gasteiger partial charge in [0.15, 0.2) is 5.69 Å². The molecule has 0 unspecified atom stereocenters. The first-order chi connectivity index (χ1) is 11.0. The number of anilines is 1.